The fraction of sp³-hybridized carbons (Fsp3) is 0.444. The van der Waals surface area contributed by atoms with Crippen LogP contribution in [0.3, 0.4) is 0 Å². The Morgan fingerprint density at radius 3 is 2.14 bits per heavy atom. The van der Waals surface area contributed by atoms with Crippen molar-refractivity contribution >= 4 is 29.2 Å². The van der Waals surface area contributed by atoms with Gasteiger partial charge in [0.25, 0.3) is 5.91 Å². The van der Waals surface area contributed by atoms with Crippen molar-refractivity contribution in [1.82, 2.24) is 26.7 Å². The van der Waals surface area contributed by atoms with E-state index in [9.17, 15) is 22.8 Å². The fourth-order valence-corrected chi connectivity index (χ4v) is 3.54. The van der Waals surface area contributed by atoms with Crippen molar-refractivity contribution in [1.29, 1.82) is 0 Å². The molecule has 0 atom stereocenters. The molecule has 42 heavy (non-hydrogen) atoms. The van der Waals surface area contributed by atoms with E-state index >= 15 is 0 Å². The molecule has 0 aromatic heterocycles. The zero-order chi connectivity index (χ0) is 30.8. The Labute approximate surface area is 241 Å². The number of rotatable bonds is 13. The molecular weight excluding hydrogens is 559 g/mol. The second-order valence-corrected chi connectivity index (χ2v) is 10.1. The number of amides is 2. The third kappa shape index (κ3) is 10.7. The number of nitrogens with one attached hydrogen (secondary N) is 5. The first kappa shape index (κ1) is 32.4. The zero-order valence-corrected chi connectivity index (χ0v) is 23.9. The van der Waals surface area contributed by atoms with Gasteiger partial charge in [-0.15, -0.1) is 10.6 Å². The van der Waals surface area contributed by atoms with Gasteiger partial charge >= 0.3 is 12.3 Å². The van der Waals surface area contributed by atoms with Crippen molar-refractivity contribution in [3.8, 4) is 0 Å². The minimum Gasteiger partial charge on any atom is -0.444 e. The lowest BCUT2D eigenvalue weighted by Crippen LogP contribution is -2.36. The van der Waals surface area contributed by atoms with Gasteiger partial charge in [-0.05, 0) is 63.2 Å². The Kier molecular flexibility index (Phi) is 11.4. The van der Waals surface area contributed by atoms with Crippen molar-refractivity contribution in [2.24, 2.45) is 5.10 Å². The fourth-order valence-electron chi connectivity index (χ4n) is 3.54. The highest BCUT2D eigenvalue weighted by molar-refractivity contribution is 6.06. The van der Waals surface area contributed by atoms with E-state index < -0.39 is 23.4 Å². The van der Waals surface area contributed by atoms with Crippen LogP contribution in [-0.4, -0.2) is 75.1 Å². The molecule has 1 heterocycles. The number of hydrazine groups is 2. The topological polar surface area (TPSA) is 138 Å². The number of carbonyl (C=O) groups is 2. The number of hydrogen-bond donors (Lipinski definition) is 5. The molecule has 0 fully saturated rings. The van der Waals surface area contributed by atoms with Gasteiger partial charge in [-0.25, -0.2) is 9.91 Å². The van der Waals surface area contributed by atoms with E-state index in [-0.39, 0.29) is 19.1 Å². The summed E-state index contributed by atoms with van der Waals surface area (Å²) in [6.45, 7) is 7.09. The molecule has 2 aromatic carbocycles. The highest BCUT2D eigenvalue weighted by atomic mass is 19.4. The number of alkyl carbamates (subject to hydrolysis) is 1. The SMILES string of the molecule is CN1N=C(c2cc(C(=O)NCCOCCOCCNC(=O)OC(C)(C)C)ccc2Nc2ccc(C(F)(F)F)cc2)NN1. The predicted octanol–water partition coefficient (Wildman–Crippen LogP) is 3.35. The lowest BCUT2D eigenvalue weighted by atomic mass is 10.1. The molecule has 230 valence electrons. The summed E-state index contributed by atoms with van der Waals surface area (Å²) in [6, 6.07) is 9.49. The van der Waals surface area contributed by atoms with E-state index in [1.54, 1.807) is 46.0 Å². The first-order valence-corrected chi connectivity index (χ1v) is 13.1. The van der Waals surface area contributed by atoms with E-state index in [2.05, 4.69) is 32.0 Å². The highest BCUT2D eigenvalue weighted by Crippen LogP contribution is 2.31. The van der Waals surface area contributed by atoms with E-state index in [0.29, 0.717) is 54.7 Å². The summed E-state index contributed by atoms with van der Waals surface area (Å²) in [5.74, 6) is 0.0662. The number of alkyl halides is 3. The van der Waals surface area contributed by atoms with Crippen molar-refractivity contribution in [3.63, 3.8) is 0 Å². The maximum absolute atomic E-state index is 12.9. The number of nitrogens with zero attached hydrogens (tertiary/aromatic N) is 2. The Morgan fingerprint density at radius 1 is 0.929 bits per heavy atom. The number of anilines is 2. The Bertz CT molecular complexity index is 1230. The molecular formula is C27H36F3N7O5. The number of hydrazone groups is 1. The van der Waals surface area contributed by atoms with Crippen LogP contribution >= 0.6 is 0 Å². The smallest absolute Gasteiger partial charge is 0.416 e. The van der Waals surface area contributed by atoms with Gasteiger partial charge in [0.05, 0.1) is 32.0 Å². The van der Waals surface area contributed by atoms with Gasteiger partial charge in [-0.2, -0.15) is 13.2 Å². The molecule has 15 heteroatoms. The summed E-state index contributed by atoms with van der Waals surface area (Å²) >= 11 is 0. The van der Waals surface area contributed by atoms with Crippen molar-refractivity contribution in [2.75, 3.05) is 51.9 Å². The van der Waals surface area contributed by atoms with Crippen LogP contribution in [0.15, 0.2) is 47.6 Å². The Morgan fingerprint density at radius 2 is 1.57 bits per heavy atom. The summed E-state index contributed by atoms with van der Waals surface area (Å²) in [5.41, 5.74) is 6.19. The quantitative estimate of drug-likeness (QED) is 0.221. The maximum atomic E-state index is 12.9. The van der Waals surface area contributed by atoms with Crippen LogP contribution in [0.4, 0.5) is 29.3 Å². The average Bonchev–Trinajstić information content (AvgIpc) is 3.34. The van der Waals surface area contributed by atoms with Crippen LogP contribution < -0.4 is 26.9 Å². The average molecular weight is 596 g/mol. The van der Waals surface area contributed by atoms with Crippen LogP contribution in [0.2, 0.25) is 0 Å². The number of hydrogen-bond acceptors (Lipinski definition) is 10. The standard InChI is InChI=1S/C27H36F3N7O5/c1-26(2,3)42-25(39)32-12-14-41-16-15-40-13-11-31-24(38)18-5-10-22(21(17-18)23-34-36-37(4)35-23)33-20-8-6-19(7-9-20)27(28,29)30/h5-10,17,33,36H,11-16H2,1-4H3,(H,31,38)(H,32,39)(H,34,35). The summed E-state index contributed by atoms with van der Waals surface area (Å²) in [7, 11) is 1.67. The maximum Gasteiger partial charge on any atom is 0.416 e. The van der Waals surface area contributed by atoms with E-state index in [1.807, 2.05) is 0 Å². The van der Waals surface area contributed by atoms with Crippen LogP contribution in [-0.2, 0) is 20.4 Å². The molecule has 0 bridgehead atoms. The molecule has 0 saturated carbocycles. The van der Waals surface area contributed by atoms with Crippen molar-refractivity contribution < 1.29 is 37.0 Å². The van der Waals surface area contributed by atoms with Gasteiger partial charge in [0.2, 0.25) is 0 Å². The van der Waals surface area contributed by atoms with Gasteiger partial charge in [0.1, 0.15) is 5.60 Å². The zero-order valence-electron chi connectivity index (χ0n) is 23.9. The van der Waals surface area contributed by atoms with Gasteiger partial charge in [0, 0.05) is 42.6 Å². The van der Waals surface area contributed by atoms with Crippen molar-refractivity contribution in [3.05, 3.63) is 59.2 Å². The lowest BCUT2D eigenvalue weighted by molar-refractivity contribution is -0.137. The van der Waals surface area contributed by atoms with Crippen LogP contribution in [0, 0.1) is 0 Å². The minimum absolute atomic E-state index is 0.253. The Balaban J connectivity index is 1.45. The third-order valence-corrected chi connectivity index (χ3v) is 5.43. The second kappa shape index (κ2) is 14.7. The van der Waals surface area contributed by atoms with Crippen LogP contribution in [0.1, 0.15) is 42.3 Å². The van der Waals surface area contributed by atoms with Gasteiger partial charge in [0.15, 0.2) is 5.84 Å². The first-order chi connectivity index (χ1) is 19.8. The molecule has 0 saturated heterocycles. The van der Waals surface area contributed by atoms with Gasteiger partial charge < -0.3 is 30.2 Å². The van der Waals surface area contributed by atoms with Crippen molar-refractivity contribution in [2.45, 2.75) is 32.5 Å². The number of ether oxygens (including phenoxy) is 3. The van der Waals surface area contributed by atoms with Gasteiger partial charge in [-0.3, -0.25) is 10.2 Å². The minimum atomic E-state index is -4.43. The third-order valence-electron chi connectivity index (χ3n) is 5.43. The van der Waals surface area contributed by atoms with Crippen LogP contribution in [0.5, 0.6) is 0 Å². The molecule has 3 rings (SSSR count). The molecule has 0 spiro atoms. The lowest BCUT2D eigenvalue weighted by Gasteiger charge is -2.19. The first-order valence-electron chi connectivity index (χ1n) is 13.1. The number of carbonyl (C=O) groups excluding carboxylic acids is 2. The summed E-state index contributed by atoms with van der Waals surface area (Å²) in [4.78, 5) is 24.3. The monoisotopic (exact) mass is 595 g/mol. The highest BCUT2D eigenvalue weighted by Gasteiger charge is 2.30. The number of benzene rings is 2. The van der Waals surface area contributed by atoms with Gasteiger partial charge in [-0.1, -0.05) is 0 Å². The molecule has 5 N–H and O–H groups in total. The number of amidine groups is 1. The predicted molar refractivity (Wildman–Crippen MR) is 150 cm³/mol. The molecule has 1 aliphatic heterocycles. The number of halogens is 3. The molecule has 12 nitrogen and oxygen atoms in total. The molecule has 2 amide bonds. The normalized spacial score (nSPS) is 13.3. The summed E-state index contributed by atoms with van der Waals surface area (Å²) in [5, 5.41) is 14.2. The summed E-state index contributed by atoms with van der Waals surface area (Å²) < 4.78 is 54.7. The molecule has 0 aliphatic carbocycles. The van der Waals surface area contributed by atoms with E-state index in [4.69, 9.17) is 14.2 Å². The summed E-state index contributed by atoms with van der Waals surface area (Å²) in [6.07, 6.45) is -4.94. The second-order valence-electron chi connectivity index (χ2n) is 10.1. The van der Waals surface area contributed by atoms with E-state index in [0.717, 1.165) is 12.1 Å². The largest absolute Gasteiger partial charge is 0.444 e. The van der Waals surface area contributed by atoms with E-state index in [1.165, 1.54) is 17.3 Å². The Hall–Kier alpha value is -4.08. The molecule has 0 unspecified atom stereocenters. The molecule has 1 aliphatic rings. The molecule has 2 aromatic rings. The molecule has 0 radical (unpaired) electrons. The van der Waals surface area contributed by atoms with Crippen LogP contribution in [0.25, 0.3) is 0 Å².